The van der Waals surface area contributed by atoms with Crippen molar-refractivity contribution < 1.29 is 9.13 Å². The molecule has 0 unspecified atom stereocenters. The summed E-state index contributed by atoms with van der Waals surface area (Å²) in [5, 5.41) is 0. The first-order valence-corrected chi connectivity index (χ1v) is 4.65. The highest BCUT2D eigenvalue weighted by Gasteiger charge is 2.14. The molecule has 1 aromatic rings. The maximum absolute atomic E-state index is 13.4. The van der Waals surface area contributed by atoms with E-state index in [9.17, 15) is 4.39 Å². The summed E-state index contributed by atoms with van der Waals surface area (Å²) in [4.78, 5) is 1.95. The standard InChI is InChI=1S/C10H11BFNO/c11-8-1-2-9(12)10(7-8)13-3-5-14-6-4-13/h1-2,7H,3-6H2. The first kappa shape index (κ1) is 9.53. The van der Waals surface area contributed by atoms with Gasteiger partial charge in [0.25, 0.3) is 0 Å². The number of halogens is 1. The smallest absolute Gasteiger partial charge is 0.146 e. The topological polar surface area (TPSA) is 12.5 Å². The molecule has 0 bridgehead atoms. The van der Waals surface area contributed by atoms with Gasteiger partial charge in [0.1, 0.15) is 13.7 Å². The fourth-order valence-electron chi connectivity index (χ4n) is 1.58. The molecule has 2 radical (unpaired) electrons. The Balaban J connectivity index is 2.24. The summed E-state index contributed by atoms with van der Waals surface area (Å²) in [5.74, 6) is -0.221. The van der Waals surface area contributed by atoms with Crippen LogP contribution in [0.3, 0.4) is 0 Å². The second-order valence-corrected chi connectivity index (χ2v) is 3.31. The molecule has 1 aliphatic heterocycles. The molecule has 0 N–H and O–H groups in total. The van der Waals surface area contributed by atoms with E-state index in [4.69, 9.17) is 12.6 Å². The van der Waals surface area contributed by atoms with Crippen LogP contribution in [0.5, 0.6) is 0 Å². The summed E-state index contributed by atoms with van der Waals surface area (Å²) in [5.41, 5.74) is 1.17. The van der Waals surface area contributed by atoms with Crippen LogP contribution in [0.25, 0.3) is 0 Å². The lowest BCUT2D eigenvalue weighted by molar-refractivity contribution is 0.122. The van der Waals surface area contributed by atoms with Crippen molar-refractivity contribution in [3.8, 4) is 0 Å². The molecule has 0 atom stereocenters. The lowest BCUT2D eigenvalue weighted by Gasteiger charge is -2.29. The van der Waals surface area contributed by atoms with Crippen LogP contribution in [0.15, 0.2) is 18.2 Å². The third kappa shape index (κ3) is 1.90. The van der Waals surface area contributed by atoms with Gasteiger partial charge in [-0.3, -0.25) is 0 Å². The quantitative estimate of drug-likeness (QED) is 0.597. The van der Waals surface area contributed by atoms with Crippen molar-refractivity contribution in [2.75, 3.05) is 31.2 Å². The van der Waals surface area contributed by atoms with Crippen LogP contribution >= 0.6 is 0 Å². The molecule has 1 aliphatic rings. The Morgan fingerprint density at radius 1 is 1.29 bits per heavy atom. The molecule has 1 aromatic carbocycles. The molecule has 0 aromatic heterocycles. The lowest BCUT2D eigenvalue weighted by atomic mass is 9.95. The average molecular weight is 191 g/mol. The third-order valence-corrected chi connectivity index (χ3v) is 2.32. The maximum atomic E-state index is 13.4. The van der Waals surface area contributed by atoms with Crippen molar-refractivity contribution in [2.45, 2.75) is 0 Å². The number of nitrogens with zero attached hydrogens (tertiary/aromatic N) is 1. The first-order chi connectivity index (χ1) is 6.77. The number of hydrogen-bond acceptors (Lipinski definition) is 2. The van der Waals surface area contributed by atoms with Gasteiger partial charge >= 0.3 is 0 Å². The zero-order valence-corrected chi connectivity index (χ0v) is 7.87. The van der Waals surface area contributed by atoms with Gasteiger partial charge in [-0.15, -0.1) is 0 Å². The number of ether oxygens (including phenoxy) is 1. The van der Waals surface area contributed by atoms with Gasteiger partial charge in [-0.2, -0.15) is 0 Å². The summed E-state index contributed by atoms with van der Waals surface area (Å²) < 4.78 is 18.6. The fourth-order valence-corrected chi connectivity index (χ4v) is 1.58. The van der Waals surface area contributed by atoms with Crippen LogP contribution < -0.4 is 10.4 Å². The summed E-state index contributed by atoms with van der Waals surface area (Å²) in [6.45, 7) is 2.74. The Morgan fingerprint density at radius 3 is 2.71 bits per heavy atom. The first-order valence-electron chi connectivity index (χ1n) is 4.65. The Hall–Kier alpha value is -1.03. The van der Waals surface area contributed by atoms with Gasteiger partial charge in [-0.05, 0) is 12.1 Å². The lowest BCUT2D eigenvalue weighted by Crippen LogP contribution is -2.37. The molecule has 2 rings (SSSR count). The van der Waals surface area contributed by atoms with Crippen molar-refractivity contribution >= 4 is 19.0 Å². The fraction of sp³-hybridized carbons (Fsp3) is 0.400. The minimum absolute atomic E-state index is 0.221. The highest BCUT2D eigenvalue weighted by Crippen LogP contribution is 2.18. The van der Waals surface area contributed by atoms with Gasteiger partial charge in [0.2, 0.25) is 0 Å². The molecule has 1 saturated heterocycles. The molecule has 0 saturated carbocycles. The average Bonchev–Trinajstić information content (AvgIpc) is 2.23. The van der Waals surface area contributed by atoms with E-state index in [0.29, 0.717) is 24.4 Å². The van der Waals surface area contributed by atoms with Crippen molar-refractivity contribution in [2.24, 2.45) is 0 Å². The maximum Gasteiger partial charge on any atom is 0.146 e. The van der Waals surface area contributed by atoms with Gasteiger partial charge in [0.05, 0.1) is 18.9 Å². The summed E-state index contributed by atoms with van der Waals surface area (Å²) in [7, 11) is 5.61. The Labute approximate surface area is 84.1 Å². The molecule has 0 aliphatic carbocycles. The Kier molecular flexibility index (Phi) is 2.73. The van der Waals surface area contributed by atoms with E-state index in [1.807, 2.05) is 4.90 Å². The van der Waals surface area contributed by atoms with E-state index in [0.717, 1.165) is 13.1 Å². The van der Waals surface area contributed by atoms with Crippen LogP contribution in [0.1, 0.15) is 0 Å². The molecular weight excluding hydrogens is 180 g/mol. The highest BCUT2D eigenvalue weighted by molar-refractivity contribution is 6.32. The molecule has 2 nitrogen and oxygen atoms in total. The SMILES string of the molecule is [B]c1ccc(F)c(N2CCOCC2)c1. The predicted octanol–water partition coefficient (Wildman–Crippen LogP) is 0.456. The zero-order chi connectivity index (χ0) is 9.97. The second kappa shape index (κ2) is 4.01. The van der Waals surface area contributed by atoms with E-state index in [-0.39, 0.29) is 5.82 Å². The molecule has 4 heteroatoms. The third-order valence-electron chi connectivity index (χ3n) is 2.32. The van der Waals surface area contributed by atoms with Crippen LogP contribution in [-0.2, 0) is 4.74 Å². The van der Waals surface area contributed by atoms with Crippen molar-refractivity contribution in [1.82, 2.24) is 0 Å². The normalized spacial score (nSPS) is 17.1. The number of morpholine rings is 1. The van der Waals surface area contributed by atoms with Crippen molar-refractivity contribution in [1.29, 1.82) is 0 Å². The van der Waals surface area contributed by atoms with Crippen LogP contribution in [-0.4, -0.2) is 34.1 Å². The number of anilines is 1. The van der Waals surface area contributed by atoms with Crippen molar-refractivity contribution in [3.05, 3.63) is 24.0 Å². The molecule has 72 valence electrons. The van der Waals surface area contributed by atoms with Gasteiger partial charge in [-0.1, -0.05) is 11.5 Å². The van der Waals surface area contributed by atoms with E-state index in [1.54, 1.807) is 12.1 Å². The van der Waals surface area contributed by atoms with E-state index >= 15 is 0 Å². The van der Waals surface area contributed by atoms with E-state index in [1.165, 1.54) is 6.07 Å². The van der Waals surface area contributed by atoms with E-state index < -0.39 is 0 Å². The molecule has 14 heavy (non-hydrogen) atoms. The number of hydrogen-bond donors (Lipinski definition) is 0. The van der Waals surface area contributed by atoms with Crippen LogP contribution in [0, 0.1) is 5.82 Å². The molecule has 1 heterocycles. The van der Waals surface area contributed by atoms with Gasteiger partial charge in [-0.25, -0.2) is 4.39 Å². The minimum atomic E-state index is -0.221. The van der Waals surface area contributed by atoms with Crippen LogP contribution in [0.4, 0.5) is 10.1 Å². The zero-order valence-electron chi connectivity index (χ0n) is 7.87. The van der Waals surface area contributed by atoms with E-state index in [2.05, 4.69) is 0 Å². The molecular formula is C10H11BFNO. The molecule has 0 spiro atoms. The Morgan fingerprint density at radius 2 is 2.00 bits per heavy atom. The highest BCUT2D eigenvalue weighted by atomic mass is 19.1. The Bertz CT molecular complexity index is 326. The summed E-state index contributed by atoms with van der Waals surface area (Å²) in [6, 6.07) is 4.64. The van der Waals surface area contributed by atoms with Crippen molar-refractivity contribution in [3.63, 3.8) is 0 Å². The molecule has 0 amide bonds. The summed E-state index contributed by atoms with van der Waals surface area (Å²) in [6.07, 6.45) is 0. The van der Waals surface area contributed by atoms with Gasteiger partial charge in [0, 0.05) is 13.1 Å². The van der Waals surface area contributed by atoms with Gasteiger partial charge in [0.15, 0.2) is 0 Å². The molecule has 1 fully saturated rings. The monoisotopic (exact) mass is 191 g/mol. The largest absolute Gasteiger partial charge is 0.378 e. The van der Waals surface area contributed by atoms with Crippen LogP contribution in [0.2, 0.25) is 0 Å². The second-order valence-electron chi connectivity index (χ2n) is 3.31. The minimum Gasteiger partial charge on any atom is -0.378 e. The van der Waals surface area contributed by atoms with Gasteiger partial charge < -0.3 is 9.64 Å². The summed E-state index contributed by atoms with van der Waals surface area (Å²) >= 11 is 0. The number of benzene rings is 1. The number of rotatable bonds is 1. The predicted molar refractivity (Wildman–Crippen MR) is 54.8 cm³/mol.